The molecule has 0 saturated carbocycles. The van der Waals surface area contributed by atoms with Gasteiger partial charge in [0.25, 0.3) is 5.91 Å². The molecule has 0 radical (unpaired) electrons. The Hall–Kier alpha value is -3.44. The third-order valence-corrected chi connectivity index (χ3v) is 5.19. The van der Waals surface area contributed by atoms with Gasteiger partial charge in [-0.3, -0.25) is 9.36 Å². The first-order valence-corrected chi connectivity index (χ1v) is 9.86. The van der Waals surface area contributed by atoms with E-state index in [1.807, 2.05) is 67.6 Å². The van der Waals surface area contributed by atoms with Gasteiger partial charge in [0.05, 0.1) is 6.04 Å². The van der Waals surface area contributed by atoms with Gasteiger partial charge in [0.15, 0.2) is 4.77 Å². The molecule has 5 heteroatoms. The first-order valence-electron chi connectivity index (χ1n) is 9.45. The molecule has 144 valence electrons. The molecule has 1 heterocycles. The molecule has 1 amide bonds. The Bertz CT molecular complexity index is 1160. The van der Waals surface area contributed by atoms with Crippen molar-refractivity contribution in [3.8, 4) is 16.8 Å². The van der Waals surface area contributed by atoms with Crippen LogP contribution >= 0.6 is 12.2 Å². The molecule has 0 saturated heterocycles. The molecule has 4 nitrogen and oxygen atoms in total. The topological polar surface area (TPSA) is 49.8 Å². The molecule has 1 atom stereocenters. The van der Waals surface area contributed by atoms with Crippen molar-refractivity contribution in [3.63, 3.8) is 0 Å². The number of nitrogens with zero attached hydrogens (tertiary/aromatic N) is 1. The second-order valence-electron chi connectivity index (χ2n) is 6.83. The molecule has 0 fully saturated rings. The van der Waals surface area contributed by atoms with Crippen LogP contribution < -0.4 is 5.32 Å². The molecule has 0 spiro atoms. The fourth-order valence-electron chi connectivity index (χ4n) is 3.32. The number of imidazole rings is 1. The summed E-state index contributed by atoms with van der Waals surface area (Å²) >= 11 is 5.37. The molecule has 3 aromatic carbocycles. The molecule has 2 N–H and O–H groups in total. The van der Waals surface area contributed by atoms with Crippen molar-refractivity contribution >= 4 is 18.1 Å². The van der Waals surface area contributed by atoms with Crippen molar-refractivity contribution in [2.45, 2.75) is 13.0 Å². The summed E-state index contributed by atoms with van der Waals surface area (Å²) in [5.41, 5.74) is 4.69. The van der Waals surface area contributed by atoms with Gasteiger partial charge in [-0.15, -0.1) is 0 Å². The zero-order valence-corrected chi connectivity index (χ0v) is 16.8. The monoisotopic (exact) mass is 399 g/mol. The van der Waals surface area contributed by atoms with Crippen molar-refractivity contribution in [3.05, 3.63) is 107 Å². The van der Waals surface area contributed by atoms with Crippen LogP contribution in [0.15, 0.2) is 91.1 Å². The zero-order chi connectivity index (χ0) is 20.2. The molecular formula is C24H21N3OS. The minimum absolute atomic E-state index is 0.139. The molecule has 4 rings (SSSR count). The quantitative estimate of drug-likeness (QED) is 0.423. The van der Waals surface area contributed by atoms with Crippen LogP contribution in [0.25, 0.3) is 16.8 Å². The fourth-order valence-corrected chi connectivity index (χ4v) is 3.58. The maximum absolute atomic E-state index is 12.9. The Morgan fingerprint density at radius 3 is 2.14 bits per heavy atom. The van der Waals surface area contributed by atoms with Crippen LogP contribution in [0, 0.1) is 4.77 Å². The van der Waals surface area contributed by atoms with E-state index in [-0.39, 0.29) is 11.9 Å². The van der Waals surface area contributed by atoms with E-state index >= 15 is 0 Å². The maximum Gasteiger partial charge on any atom is 0.270 e. The van der Waals surface area contributed by atoms with Crippen LogP contribution in [0.4, 0.5) is 0 Å². The zero-order valence-electron chi connectivity index (χ0n) is 16.0. The standard InChI is InChI=1S/C24H21N3OS/c1-17(18-12-14-20(15-13-18)19-8-4-2-5-9-19)26-23(28)22-16-25-24(29)27(22)21-10-6-3-7-11-21/h2-17H,1H3,(H,25,29)(H,26,28). The number of aromatic amines is 1. The van der Waals surface area contributed by atoms with E-state index in [0.717, 1.165) is 16.8 Å². The van der Waals surface area contributed by atoms with Gasteiger partial charge >= 0.3 is 0 Å². The van der Waals surface area contributed by atoms with E-state index in [1.54, 1.807) is 10.8 Å². The molecule has 0 aliphatic rings. The van der Waals surface area contributed by atoms with Gasteiger partial charge in [0, 0.05) is 11.9 Å². The van der Waals surface area contributed by atoms with Crippen LogP contribution in [-0.4, -0.2) is 15.5 Å². The van der Waals surface area contributed by atoms with Crippen molar-refractivity contribution in [2.75, 3.05) is 0 Å². The highest BCUT2D eigenvalue weighted by Crippen LogP contribution is 2.22. The first kappa shape index (κ1) is 18.9. The van der Waals surface area contributed by atoms with Gasteiger partial charge in [-0.2, -0.15) is 0 Å². The van der Waals surface area contributed by atoms with Crippen LogP contribution in [0.1, 0.15) is 29.0 Å². The van der Waals surface area contributed by atoms with E-state index in [0.29, 0.717) is 10.5 Å². The predicted molar refractivity (Wildman–Crippen MR) is 119 cm³/mol. The SMILES string of the molecule is CC(NC(=O)c1c[nH]c(=S)n1-c1ccccc1)c1ccc(-c2ccccc2)cc1. The minimum atomic E-state index is -0.180. The lowest BCUT2D eigenvalue weighted by atomic mass is 10.0. The summed E-state index contributed by atoms with van der Waals surface area (Å²) in [6.45, 7) is 1.98. The van der Waals surface area contributed by atoms with E-state index in [1.165, 1.54) is 5.56 Å². The Morgan fingerprint density at radius 2 is 1.48 bits per heavy atom. The van der Waals surface area contributed by atoms with Crippen molar-refractivity contribution in [2.24, 2.45) is 0 Å². The number of para-hydroxylation sites is 1. The normalized spacial score (nSPS) is 11.8. The summed E-state index contributed by atoms with van der Waals surface area (Å²) in [5, 5.41) is 3.07. The Balaban J connectivity index is 1.53. The number of hydrogen-bond acceptors (Lipinski definition) is 2. The molecule has 1 aromatic heterocycles. The van der Waals surface area contributed by atoms with Crippen LogP contribution in [0.2, 0.25) is 0 Å². The number of carbonyl (C=O) groups excluding carboxylic acids is 1. The van der Waals surface area contributed by atoms with E-state index in [2.05, 4.69) is 34.6 Å². The first-order chi connectivity index (χ1) is 14.1. The van der Waals surface area contributed by atoms with Gasteiger partial charge in [-0.05, 0) is 48.0 Å². The number of hydrogen-bond donors (Lipinski definition) is 2. The van der Waals surface area contributed by atoms with Crippen LogP contribution in [-0.2, 0) is 0 Å². The number of amides is 1. The van der Waals surface area contributed by atoms with Crippen molar-refractivity contribution < 1.29 is 4.79 Å². The van der Waals surface area contributed by atoms with Crippen LogP contribution in [0.3, 0.4) is 0 Å². The Morgan fingerprint density at radius 1 is 0.897 bits per heavy atom. The molecule has 4 aromatic rings. The molecule has 0 aliphatic heterocycles. The number of aromatic nitrogens is 2. The largest absolute Gasteiger partial charge is 0.344 e. The number of carbonyl (C=O) groups is 1. The average Bonchev–Trinajstić information content (AvgIpc) is 3.16. The van der Waals surface area contributed by atoms with Crippen LogP contribution in [0.5, 0.6) is 0 Å². The number of nitrogens with one attached hydrogen (secondary N) is 2. The highest BCUT2D eigenvalue weighted by atomic mass is 32.1. The average molecular weight is 400 g/mol. The smallest absolute Gasteiger partial charge is 0.270 e. The summed E-state index contributed by atoms with van der Waals surface area (Å²) in [5.74, 6) is -0.180. The van der Waals surface area contributed by atoms with E-state index in [9.17, 15) is 4.79 Å². The Kier molecular flexibility index (Phi) is 5.40. The molecule has 0 bridgehead atoms. The lowest BCUT2D eigenvalue weighted by Crippen LogP contribution is -2.28. The van der Waals surface area contributed by atoms with Gasteiger partial charge in [0.1, 0.15) is 5.69 Å². The predicted octanol–water partition coefficient (Wildman–Crippen LogP) is 5.69. The highest BCUT2D eigenvalue weighted by molar-refractivity contribution is 7.71. The van der Waals surface area contributed by atoms with E-state index < -0.39 is 0 Å². The third kappa shape index (κ3) is 4.05. The highest BCUT2D eigenvalue weighted by Gasteiger charge is 2.17. The van der Waals surface area contributed by atoms with Gasteiger partial charge < -0.3 is 10.3 Å². The van der Waals surface area contributed by atoms with Crippen molar-refractivity contribution in [1.29, 1.82) is 0 Å². The fraction of sp³-hybridized carbons (Fsp3) is 0.0833. The maximum atomic E-state index is 12.9. The molecular weight excluding hydrogens is 378 g/mol. The van der Waals surface area contributed by atoms with Gasteiger partial charge in [-0.25, -0.2) is 0 Å². The lowest BCUT2D eigenvalue weighted by Gasteiger charge is -2.16. The van der Waals surface area contributed by atoms with Crippen molar-refractivity contribution in [1.82, 2.24) is 14.9 Å². The summed E-state index contributed by atoms with van der Waals surface area (Å²) in [4.78, 5) is 15.9. The van der Waals surface area contributed by atoms with E-state index in [4.69, 9.17) is 12.2 Å². The summed E-state index contributed by atoms with van der Waals surface area (Å²) < 4.78 is 2.23. The molecule has 0 aliphatic carbocycles. The molecule has 1 unspecified atom stereocenters. The third-order valence-electron chi connectivity index (χ3n) is 4.89. The summed E-state index contributed by atoms with van der Waals surface area (Å²) in [7, 11) is 0. The number of rotatable bonds is 5. The Labute approximate surface area is 174 Å². The number of H-pyrrole nitrogens is 1. The second-order valence-corrected chi connectivity index (χ2v) is 7.22. The summed E-state index contributed by atoms with van der Waals surface area (Å²) in [6, 6.07) is 28.0. The number of benzene rings is 3. The lowest BCUT2D eigenvalue weighted by molar-refractivity contribution is 0.0933. The van der Waals surface area contributed by atoms with Gasteiger partial charge in [-0.1, -0.05) is 72.8 Å². The minimum Gasteiger partial charge on any atom is -0.344 e. The second kappa shape index (κ2) is 8.29. The molecule has 29 heavy (non-hydrogen) atoms. The summed E-state index contributed by atoms with van der Waals surface area (Å²) in [6.07, 6.45) is 1.65. The van der Waals surface area contributed by atoms with Gasteiger partial charge in [0.2, 0.25) is 0 Å².